The van der Waals surface area contributed by atoms with Crippen molar-refractivity contribution >= 4 is 17.5 Å². The Morgan fingerprint density at radius 1 is 1.45 bits per heavy atom. The average Bonchev–Trinajstić information content (AvgIpc) is 3.02. The van der Waals surface area contributed by atoms with Gasteiger partial charge in [-0.15, -0.1) is 0 Å². The van der Waals surface area contributed by atoms with Crippen LogP contribution in [0.4, 0.5) is 0 Å². The predicted molar refractivity (Wildman–Crippen MR) is 80.2 cm³/mol. The number of nitrogens with one attached hydrogen (secondary N) is 1. The second-order valence-corrected chi connectivity index (χ2v) is 6.76. The van der Waals surface area contributed by atoms with Crippen LogP contribution in [0.25, 0.3) is 0 Å². The van der Waals surface area contributed by atoms with Gasteiger partial charge in [0.25, 0.3) is 5.91 Å². The summed E-state index contributed by atoms with van der Waals surface area (Å²) in [5.41, 5.74) is 0.712. The van der Waals surface area contributed by atoms with Gasteiger partial charge in [-0.2, -0.15) is 0 Å². The second-order valence-electron chi connectivity index (χ2n) is 6.33. The molecule has 0 aromatic carbocycles. The molecule has 20 heavy (non-hydrogen) atoms. The van der Waals surface area contributed by atoms with E-state index in [0.717, 1.165) is 19.5 Å². The van der Waals surface area contributed by atoms with Crippen LogP contribution in [0.5, 0.6) is 0 Å². The quantitative estimate of drug-likeness (QED) is 0.910. The summed E-state index contributed by atoms with van der Waals surface area (Å²) in [5, 5.41) is 4.03. The first-order chi connectivity index (χ1) is 9.49. The first-order valence-electron chi connectivity index (χ1n) is 7.39. The van der Waals surface area contributed by atoms with Crippen molar-refractivity contribution < 1.29 is 4.79 Å². The number of halogens is 1. The fourth-order valence-electron chi connectivity index (χ4n) is 3.69. The third kappa shape index (κ3) is 2.15. The number of rotatable bonds is 2. The molecule has 2 saturated heterocycles. The van der Waals surface area contributed by atoms with E-state index in [2.05, 4.69) is 31.0 Å². The smallest absolute Gasteiger partial charge is 0.271 e. The zero-order valence-corrected chi connectivity index (χ0v) is 13.0. The van der Waals surface area contributed by atoms with Crippen molar-refractivity contribution in [3.8, 4) is 0 Å². The highest BCUT2D eigenvalue weighted by atomic mass is 35.5. The Morgan fingerprint density at radius 3 is 2.90 bits per heavy atom. The van der Waals surface area contributed by atoms with Gasteiger partial charge in [0.2, 0.25) is 0 Å². The molecule has 3 heterocycles. The summed E-state index contributed by atoms with van der Waals surface area (Å²) in [6, 6.07) is 2.68. The first-order valence-corrected chi connectivity index (χ1v) is 7.77. The molecule has 0 aliphatic carbocycles. The number of aromatic nitrogens is 1. The number of carbonyl (C=O) groups is 1. The van der Waals surface area contributed by atoms with Crippen LogP contribution in [0.3, 0.4) is 0 Å². The average molecular weight is 296 g/mol. The van der Waals surface area contributed by atoms with Crippen molar-refractivity contribution in [3.63, 3.8) is 0 Å². The molecule has 0 saturated carbocycles. The molecule has 0 spiro atoms. The summed E-state index contributed by atoms with van der Waals surface area (Å²) >= 11 is 6.10. The zero-order valence-electron chi connectivity index (χ0n) is 12.3. The molecule has 1 aromatic heterocycles. The minimum absolute atomic E-state index is 0.120. The molecule has 1 N–H and O–H groups in total. The van der Waals surface area contributed by atoms with Crippen molar-refractivity contribution in [1.82, 2.24) is 14.8 Å². The Morgan fingerprint density at radius 2 is 2.20 bits per heavy atom. The fourth-order valence-corrected chi connectivity index (χ4v) is 3.90. The molecule has 3 atom stereocenters. The van der Waals surface area contributed by atoms with E-state index in [0.29, 0.717) is 28.7 Å². The van der Waals surface area contributed by atoms with E-state index in [9.17, 15) is 4.79 Å². The van der Waals surface area contributed by atoms with Crippen molar-refractivity contribution in [2.45, 2.75) is 45.3 Å². The van der Waals surface area contributed by atoms with Crippen molar-refractivity contribution in [2.24, 2.45) is 5.92 Å². The van der Waals surface area contributed by atoms with E-state index in [1.54, 1.807) is 6.07 Å². The fraction of sp³-hybridized carbons (Fsp3) is 0.667. The molecule has 2 fully saturated rings. The lowest BCUT2D eigenvalue weighted by Crippen LogP contribution is -2.43. The maximum atomic E-state index is 13.0. The van der Waals surface area contributed by atoms with Gasteiger partial charge in [-0.1, -0.05) is 11.6 Å². The van der Waals surface area contributed by atoms with Gasteiger partial charge in [-0.25, -0.2) is 0 Å². The summed E-state index contributed by atoms with van der Waals surface area (Å²) in [7, 11) is 0. The highest BCUT2D eigenvalue weighted by Crippen LogP contribution is 2.34. The number of hydrogen-bond acceptors (Lipinski definition) is 2. The van der Waals surface area contributed by atoms with E-state index in [-0.39, 0.29) is 11.9 Å². The molecule has 0 radical (unpaired) electrons. The normalized spacial score (nSPS) is 29.2. The Bertz CT molecular complexity index is 525. The van der Waals surface area contributed by atoms with Crippen molar-refractivity contribution in [3.05, 3.63) is 23.0 Å². The van der Waals surface area contributed by atoms with Crippen LogP contribution in [0.1, 0.15) is 43.7 Å². The lowest BCUT2D eigenvalue weighted by Gasteiger charge is -2.28. The Balaban J connectivity index is 1.92. The first kappa shape index (κ1) is 14.0. The monoisotopic (exact) mass is 295 g/mol. The standard InChI is InChI=1S/C15H22ClN3O/c1-9(2)18-8-12(16)5-13(18)15(20)19-10(3)4-11-6-17-7-14(11)19/h5,8-11,14,17H,4,6-7H2,1-3H3. The van der Waals surface area contributed by atoms with Crippen LogP contribution < -0.4 is 5.32 Å². The molecule has 3 rings (SSSR count). The molecule has 110 valence electrons. The van der Waals surface area contributed by atoms with Crippen LogP contribution in [0.2, 0.25) is 5.02 Å². The Kier molecular flexibility index (Phi) is 3.55. The SMILES string of the molecule is CC1CC2CNCC2N1C(=O)c1cc(Cl)cn1C(C)C. The summed E-state index contributed by atoms with van der Waals surface area (Å²) in [6.07, 6.45) is 2.95. The van der Waals surface area contributed by atoms with Crippen molar-refractivity contribution in [2.75, 3.05) is 13.1 Å². The highest BCUT2D eigenvalue weighted by Gasteiger charge is 2.44. The van der Waals surface area contributed by atoms with Gasteiger partial charge in [0.1, 0.15) is 5.69 Å². The summed E-state index contributed by atoms with van der Waals surface area (Å²) in [5.74, 6) is 0.723. The Hall–Kier alpha value is -1.00. The van der Waals surface area contributed by atoms with Gasteiger partial charge in [0, 0.05) is 37.4 Å². The minimum Gasteiger partial charge on any atom is -0.339 e. The van der Waals surface area contributed by atoms with E-state index in [1.807, 2.05) is 10.8 Å². The molecule has 1 amide bonds. The lowest BCUT2D eigenvalue weighted by molar-refractivity contribution is 0.0669. The van der Waals surface area contributed by atoms with Gasteiger partial charge in [0.05, 0.1) is 5.02 Å². The van der Waals surface area contributed by atoms with E-state index >= 15 is 0 Å². The van der Waals surface area contributed by atoms with Gasteiger partial charge in [-0.05, 0) is 39.2 Å². The third-order valence-corrected chi connectivity index (χ3v) is 4.81. The number of likely N-dealkylation sites (tertiary alicyclic amines) is 1. The van der Waals surface area contributed by atoms with Crippen LogP contribution in [-0.2, 0) is 0 Å². The number of fused-ring (bicyclic) bond motifs is 1. The molecular weight excluding hydrogens is 274 g/mol. The minimum atomic E-state index is 0.120. The van der Waals surface area contributed by atoms with Crippen molar-refractivity contribution in [1.29, 1.82) is 0 Å². The topological polar surface area (TPSA) is 37.3 Å². The van der Waals surface area contributed by atoms with E-state index in [4.69, 9.17) is 11.6 Å². The summed E-state index contributed by atoms with van der Waals surface area (Å²) < 4.78 is 1.98. The maximum absolute atomic E-state index is 13.0. The molecule has 5 heteroatoms. The van der Waals surface area contributed by atoms with Gasteiger partial charge in [-0.3, -0.25) is 4.79 Å². The number of nitrogens with zero attached hydrogens (tertiary/aromatic N) is 2. The molecule has 4 nitrogen and oxygen atoms in total. The molecular formula is C15H22ClN3O. The summed E-state index contributed by atoms with van der Waals surface area (Å²) in [4.78, 5) is 15.0. The van der Waals surface area contributed by atoms with Crippen LogP contribution in [-0.4, -0.2) is 40.5 Å². The third-order valence-electron chi connectivity index (χ3n) is 4.61. The maximum Gasteiger partial charge on any atom is 0.271 e. The zero-order chi connectivity index (χ0) is 14.4. The molecule has 3 unspecified atom stereocenters. The van der Waals surface area contributed by atoms with Gasteiger partial charge < -0.3 is 14.8 Å². The second kappa shape index (κ2) is 5.08. The van der Waals surface area contributed by atoms with Gasteiger partial charge in [0.15, 0.2) is 0 Å². The Labute approximate surface area is 125 Å². The van der Waals surface area contributed by atoms with Gasteiger partial charge >= 0.3 is 0 Å². The largest absolute Gasteiger partial charge is 0.339 e. The van der Waals surface area contributed by atoms with E-state index < -0.39 is 0 Å². The number of carbonyl (C=O) groups excluding carboxylic acids is 1. The van der Waals surface area contributed by atoms with Crippen LogP contribution in [0.15, 0.2) is 12.3 Å². The lowest BCUT2D eigenvalue weighted by atomic mass is 10.0. The predicted octanol–water partition coefficient (Wildman–Crippen LogP) is 2.54. The van der Waals surface area contributed by atoms with E-state index in [1.165, 1.54) is 0 Å². The van der Waals surface area contributed by atoms with Crippen LogP contribution >= 0.6 is 11.6 Å². The molecule has 2 aliphatic rings. The molecule has 2 aliphatic heterocycles. The van der Waals surface area contributed by atoms with Crippen LogP contribution in [0, 0.1) is 5.92 Å². The molecule has 0 bridgehead atoms. The summed E-state index contributed by atoms with van der Waals surface area (Å²) in [6.45, 7) is 8.24. The number of hydrogen-bond donors (Lipinski definition) is 1. The highest BCUT2D eigenvalue weighted by molar-refractivity contribution is 6.31. The molecule has 1 aromatic rings. The number of amides is 1.